The van der Waals surface area contributed by atoms with Crippen LogP contribution in [0.5, 0.6) is 0 Å². The summed E-state index contributed by atoms with van der Waals surface area (Å²) < 4.78 is 0. The van der Waals surface area contributed by atoms with Gasteiger partial charge in [-0.3, -0.25) is 0 Å². The minimum Gasteiger partial charge on any atom is -0.399 e. The second-order valence-electron chi connectivity index (χ2n) is 10.3. The smallest absolute Gasteiger partial charge is 0.0314 e. The molecule has 37 heavy (non-hydrogen) atoms. The van der Waals surface area contributed by atoms with Crippen molar-refractivity contribution in [3.8, 4) is 0 Å². The monoisotopic (exact) mass is 492 g/mol. The van der Waals surface area contributed by atoms with Crippen molar-refractivity contribution in [2.45, 2.75) is 50.9 Å². The summed E-state index contributed by atoms with van der Waals surface area (Å²) in [5.41, 5.74) is 31.6. The predicted octanol–water partition coefficient (Wildman–Crippen LogP) is 7.57. The van der Waals surface area contributed by atoms with Crippen LogP contribution in [-0.2, 0) is 0 Å². The minimum absolute atomic E-state index is 0.362. The van der Waals surface area contributed by atoms with Crippen molar-refractivity contribution < 1.29 is 0 Å². The van der Waals surface area contributed by atoms with E-state index in [9.17, 15) is 0 Å². The molecule has 1 saturated carbocycles. The summed E-state index contributed by atoms with van der Waals surface area (Å²) in [5, 5.41) is 0. The number of hydrogen-bond acceptors (Lipinski definition) is 4. The van der Waals surface area contributed by atoms with E-state index in [0.717, 1.165) is 28.7 Å². The van der Waals surface area contributed by atoms with Gasteiger partial charge in [0.25, 0.3) is 0 Å². The van der Waals surface area contributed by atoms with Crippen LogP contribution in [-0.4, -0.2) is 0 Å². The first kappa shape index (κ1) is 26.2. The summed E-state index contributed by atoms with van der Waals surface area (Å²) in [6.07, 6.45) is 6.72. The summed E-state index contributed by atoms with van der Waals surface area (Å²) >= 11 is 0. The molecule has 5 rings (SSSR count). The molecule has 0 aliphatic heterocycles. The second kappa shape index (κ2) is 12.4. The van der Waals surface area contributed by atoms with Crippen LogP contribution in [0.3, 0.4) is 0 Å². The molecule has 0 unspecified atom stereocenters. The third-order valence-electron chi connectivity index (χ3n) is 7.59. The Bertz CT molecular complexity index is 1130. The van der Waals surface area contributed by atoms with Crippen LogP contribution in [0.4, 0.5) is 22.7 Å². The molecule has 1 aliphatic rings. The summed E-state index contributed by atoms with van der Waals surface area (Å²) in [5.74, 6) is 1.55. The zero-order valence-corrected chi connectivity index (χ0v) is 21.8. The van der Waals surface area contributed by atoms with Crippen molar-refractivity contribution in [2.75, 3.05) is 22.9 Å². The lowest BCUT2D eigenvalue weighted by molar-refractivity contribution is 0.327. The van der Waals surface area contributed by atoms with Crippen LogP contribution in [0.25, 0.3) is 0 Å². The third-order valence-corrected chi connectivity index (χ3v) is 7.59. The molecule has 0 atom stereocenters. The molecule has 0 spiro atoms. The Morgan fingerprint density at radius 2 is 0.757 bits per heavy atom. The largest absolute Gasteiger partial charge is 0.399 e. The normalized spacial score (nSPS) is 13.8. The number of rotatable bonds is 5. The molecular weight excluding hydrogens is 452 g/mol. The molecule has 4 nitrogen and oxygen atoms in total. The Kier molecular flexibility index (Phi) is 8.73. The van der Waals surface area contributed by atoms with E-state index in [0.29, 0.717) is 11.8 Å². The van der Waals surface area contributed by atoms with Crippen molar-refractivity contribution in [1.29, 1.82) is 0 Å². The molecule has 1 fully saturated rings. The standard InChI is InChI=1S/C19H24N2.C14H16N2/c20-17-10-6-15(7-11-17)19(14-4-2-1-3-5-14)16-8-12-18(21)13-9-16;1-10(11-2-6-13(15)7-3-11)12-4-8-14(16)9-5-12/h6-14,19H,1-5,20-21H2;2-10H,15-16H2,1H3. The summed E-state index contributed by atoms with van der Waals surface area (Å²) in [4.78, 5) is 0. The lowest BCUT2D eigenvalue weighted by Crippen LogP contribution is -2.17. The Balaban J connectivity index is 0.000000180. The van der Waals surface area contributed by atoms with E-state index in [1.807, 2.05) is 48.5 Å². The van der Waals surface area contributed by atoms with E-state index in [2.05, 4.69) is 55.5 Å². The molecule has 0 saturated heterocycles. The van der Waals surface area contributed by atoms with Crippen LogP contribution in [0.1, 0.15) is 73.1 Å². The van der Waals surface area contributed by atoms with Gasteiger partial charge in [0.15, 0.2) is 0 Å². The molecule has 1 aliphatic carbocycles. The highest BCUT2D eigenvalue weighted by Gasteiger charge is 2.26. The van der Waals surface area contributed by atoms with Gasteiger partial charge in [0.1, 0.15) is 0 Å². The molecule has 4 heteroatoms. The third kappa shape index (κ3) is 7.07. The van der Waals surface area contributed by atoms with Crippen molar-refractivity contribution in [1.82, 2.24) is 0 Å². The number of anilines is 4. The Labute approximate surface area is 221 Å². The first-order chi connectivity index (χ1) is 17.9. The summed E-state index contributed by atoms with van der Waals surface area (Å²) in [7, 11) is 0. The zero-order chi connectivity index (χ0) is 26.2. The maximum Gasteiger partial charge on any atom is 0.0314 e. The van der Waals surface area contributed by atoms with Crippen LogP contribution in [0, 0.1) is 5.92 Å². The fourth-order valence-electron chi connectivity index (χ4n) is 5.37. The summed E-state index contributed by atoms with van der Waals surface area (Å²) in [6, 6.07) is 32.8. The van der Waals surface area contributed by atoms with Crippen molar-refractivity contribution in [2.24, 2.45) is 5.92 Å². The van der Waals surface area contributed by atoms with E-state index >= 15 is 0 Å². The van der Waals surface area contributed by atoms with Crippen LogP contribution in [0.2, 0.25) is 0 Å². The highest BCUT2D eigenvalue weighted by Crippen LogP contribution is 2.40. The van der Waals surface area contributed by atoms with Gasteiger partial charge in [-0.05, 0) is 89.5 Å². The second-order valence-corrected chi connectivity index (χ2v) is 10.3. The molecule has 192 valence electrons. The lowest BCUT2D eigenvalue weighted by atomic mass is 9.73. The highest BCUT2D eigenvalue weighted by molar-refractivity contribution is 5.47. The lowest BCUT2D eigenvalue weighted by Gasteiger charge is -2.31. The van der Waals surface area contributed by atoms with Crippen LogP contribution >= 0.6 is 0 Å². The minimum atomic E-state index is 0.362. The van der Waals surface area contributed by atoms with Gasteiger partial charge in [0.2, 0.25) is 0 Å². The molecule has 0 amide bonds. The van der Waals surface area contributed by atoms with E-state index in [1.54, 1.807) is 0 Å². The van der Waals surface area contributed by atoms with Crippen LogP contribution < -0.4 is 22.9 Å². The SMILES string of the molecule is CC(c1ccc(N)cc1)c1ccc(N)cc1.Nc1ccc(C(c2ccc(N)cc2)C2CCCCC2)cc1. The Hall–Kier alpha value is -3.92. The fourth-order valence-corrected chi connectivity index (χ4v) is 5.37. The Morgan fingerprint density at radius 3 is 1.08 bits per heavy atom. The van der Waals surface area contributed by atoms with Gasteiger partial charge >= 0.3 is 0 Å². The molecule has 0 aromatic heterocycles. The topological polar surface area (TPSA) is 104 Å². The van der Waals surface area contributed by atoms with E-state index in [1.165, 1.54) is 54.4 Å². The van der Waals surface area contributed by atoms with Gasteiger partial charge in [-0.25, -0.2) is 0 Å². The Morgan fingerprint density at radius 1 is 0.459 bits per heavy atom. The van der Waals surface area contributed by atoms with Gasteiger partial charge in [-0.1, -0.05) is 74.7 Å². The number of benzene rings is 4. The van der Waals surface area contributed by atoms with Gasteiger partial charge in [-0.2, -0.15) is 0 Å². The van der Waals surface area contributed by atoms with Gasteiger partial charge < -0.3 is 22.9 Å². The van der Waals surface area contributed by atoms with Gasteiger partial charge in [-0.15, -0.1) is 0 Å². The van der Waals surface area contributed by atoms with E-state index in [-0.39, 0.29) is 0 Å². The maximum absolute atomic E-state index is 5.85. The average molecular weight is 493 g/mol. The average Bonchev–Trinajstić information content (AvgIpc) is 2.92. The van der Waals surface area contributed by atoms with Crippen molar-refractivity contribution in [3.63, 3.8) is 0 Å². The van der Waals surface area contributed by atoms with E-state index < -0.39 is 0 Å². The molecule has 0 bridgehead atoms. The molecule has 8 N–H and O–H groups in total. The van der Waals surface area contributed by atoms with Gasteiger partial charge in [0.05, 0.1) is 0 Å². The number of nitrogens with two attached hydrogens (primary N) is 4. The molecular formula is C33H40N4. The zero-order valence-electron chi connectivity index (χ0n) is 21.8. The fraction of sp³-hybridized carbons (Fsp3) is 0.273. The number of nitrogen functional groups attached to an aromatic ring is 4. The summed E-state index contributed by atoms with van der Waals surface area (Å²) in [6.45, 7) is 2.18. The first-order valence-corrected chi connectivity index (χ1v) is 13.3. The van der Waals surface area contributed by atoms with Crippen LogP contribution in [0.15, 0.2) is 97.1 Å². The maximum atomic E-state index is 5.85. The van der Waals surface area contributed by atoms with Gasteiger partial charge in [0, 0.05) is 34.6 Å². The predicted molar refractivity (Wildman–Crippen MR) is 159 cm³/mol. The first-order valence-electron chi connectivity index (χ1n) is 13.3. The van der Waals surface area contributed by atoms with E-state index in [4.69, 9.17) is 22.9 Å². The van der Waals surface area contributed by atoms with Crippen molar-refractivity contribution in [3.05, 3.63) is 119 Å². The molecule has 4 aromatic rings. The molecule has 0 radical (unpaired) electrons. The van der Waals surface area contributed by atoms with Crippen molar-refractivity contribution >= 4 is 22.7 Å². The highest BCUT2D eigenvalue weighted by atomic mass is 14.5. The quantitative estimate of drug-likeness (QED) is 0.216. The number of hydrogen-bond donors (Lipinski definition) is 4. The molecule has 0 heterocycles. The molecule has 4 aromatic carbocycles.